The highest BCUT2D eigenvalue weighted by Crippen LogP contribution is 2.40. The molecule has 3 N–H and O–H groups in total. The Hall–Kier alpha value is -7.35. The van der Waals surface area contributed by atoms with E-state index in [-0.39, 0.29) is 0 Å². The summed E-state index contributed by atoms with van der Waals surface area (Å²) >= 11 is 6.29. The van der Waals surface area contributed by atoms with E-state index >= 15 is 0 Å². The summed E-state index contributed by atoms with van der Waals surface area (Å²) in [5, 5.41) is 5.72. The van der Waals surface area contributed by atoms with Crippen molar-refractivity contribution in [2.24, 2.45) is 0 Å². The first kappa shape index (κ1) is 53.1. The maximum Gasteiger partial charge on any atom is 0.161 e. The van der Waals surface area contributed by atoms with Crippen LogP contribution in [0.5, 0.6) is 0 Å². The lowest BCUT2D eigenvalue weighted by Gasteiger charge is -2.33. The van der Waals surface area contributed by atoms with Gasteiger partial charge in [-0.15, -0.1) is 0 Å². The topological polar surface area (TPSA) is 139 Å². The van der Waals surface area contributed by atoms with Crippen molar-refractivity contribution in [3.05, 3.63) is 149 Å². The van der Waals surface area contributed by atoms with Crippen molar-refractivity contribution >= 4 is 73.5 Å². The monoisotopic (exact) mass is 1070 g/mol. The second-order valence-corrected chi connectivity index (χ2v) is 19.3. The number of rotatable bonds is 8. The Morgan fingerprint density at radius 1 is 0.494 bits per heavy atom. The van der Waals surface area contributed by atoms with E-state index in [0.717, 1.165) is 136 Å². The molecular formula is C58H59ClF4N10O4. The largest absolute Gasteiger partial charge is 0.397 e. The molecule has 0 spiro atoms. The zero-order valence-electron chi connectivity index (χ0n) is 42.9. The predicted octanol–water partition coefficient (Wildman–Crippen LogP) is 10.8. The van der Waals surface area contributed by atoms with Crippen LogP contribution in [0.25, 0.3) is 44.6 Å². The molecule has 8 aromatic rings. The van der Waals surface area contributed by atoms with E-state index in [9.17, 15) is 17.6 Å². The van der Waals surface area contributed by atoms with Crippen LogP contribution in [-0.4, -0.2) is 125 Å². The van der Waals surface area contributed by atoms with Crippen LogP contribution in [0.2, 0.25) is 5.02 Å². The van der Waals surface area contributed by atoms with Crippen LogP contribution >= 0.6 is 11.6 Å². The van der Waals surface area contributed by atoms with Crippen molar-refractivity contribution in [3.8, 4) is 22.5 Å². The molecule has 0 aliphatic carbocycles. The minimum atomic E-state index is -0.654. The SMILES string of the molecule is Cc1c(-c2cc(F)cc(F)c2)nc2ncccc2c1Cl.Cc1c(-c2cc(F)cc(F)c2)nc2ncccc2c1Nc1cc(N2CCOCC2)ccc1N1CCOCC1.Nc1cc(N2CCOCC2)ccc1N1CCOCC1. The molecule has 0 bridgehead atoms. The predicted molar refractivity (Wildman–Crippen MR) is 297 cm³/mol. The van der Waals surface area contributed by atoms with Crippen molar-refractivity contribution in [1.82, 2.24) is 19.9 Å². The number of pyridine rings is 4. The Morgan fingerprint density at radius 2 is 0.909 bits per heavy atom. The number of aromatic nitrogens is 4. The van der Waals surface area contributed by atoms with Crippen LogP contribution in [0.3, 0.4) is 0 Å². The van der Waals surface area contributed by atoms with Gasteiger partial charge >= 0.3 is 0 Å². The van der Waals surface area contributed by atoms with Gasteiger partial charge in [0, 0.05) is 110 Å². The van der Waals surface area contributed by atoms with Crippen LogP contribution in [0.4, 0.5) is 57.4 Å². The lowest BCUT2D eigenvalue weighted by atomic mass is 10.0. The molecule has 0 saturated carbocycles. The number of benzene rings is 4. The van der Waals surface area contributed by atoms with Gasteiger partial charge in [0.1, 0.15) is 23.3 Å². The Labute approximate surface area is 449 Å². The highest BCUT2D eigenvalue weighted by molar-refractivity contribution is 6.36. The van der Waals surface area contributed by atoms with Gasteiger partial charge in [-0.3, -0.25) is 0 Å². The quantitative estimate of drug-likeness (QED) is 0.110. The second-order valence-electron chi connectivity index (χ2n) is 18.9. The molecule has 0 amide bonds. The van der Waals surface area contributed by atoms with Gasteiger partial charge in [-0.1, -0.05) is 11.6 Å². The summed E-state index contributed by atoms with van der Waals surface area (Å²) in [6, 6.07) is 27.0. The van der Waals surface area contributed by atoms with Crippen molar-refractivity contribution in [2.75, 3.05) is 136 Å². The fourth-order valence-corrected chi connectivity index (χ4v) is 10.2. The van der Waals surface area contributed by atoms with Gasteiger partial charge in [-0.25, -0.2) is 37.5 Å². The van der Waals surface area contributed by atoms with Crippen molar-refractivity contribution in [3.63, 3.8) is 0 Å². The Bertz CT molecular complexity index is 3330. The number of hydrogen-bond acceptors (Lipinski definition) is 14. The first-order valence-electron chi connectivity index (χ1n) is 25.7. The molecule has 4 saturated heterocycles. The second kappa shape index (κ2) is 24.3. The van der Waals surface area contributed by atoms with Gasteiger partial charge in [-0.2, -0.15) is 0 Å². The van der Waals surface area contributed by atoms with Crippen LogP contribution in [0.1, 0.15) is 11.1 Å². The molecule has 400 valence electrons. The summed E-state index contributed by atoms with van der Waals surface area (Å²) in [6.07, 6.45) is 3.26. The third-order valence-corrected chi connectivity index (χ3v) is 14.4. The molecule has 12 rings (SSSR count). The number of nitrogens with zero attached hydrogens (tertiary/aromatic N) is 8. The molecule has 0 atom stereocenters. The normalized spacial score (nSPS) is 15.9. The van der Waals surface area contributed by atoms with Crippen LogP contribution in [0.15, 0.2) is 109 Å². The van der Waals surface area contributed by atoms with Gasteiger partial charge in [0.2, 0.25) is 0 Å². The fourth-order valence-electron chi connectivity index (χ4n) is 9.96. The van der Waals surface area contributed by atoms with Gasteiger partial charge in [0.25, 0.3) is 0 Å². The van der Waals surface area contributed by atoms with Crippen LogP contribution < -0.4 is 30.7 Å². The summed E-state index contributed by atoms with van der Waals surface area (Å²) in [5.74, 6) is -2.61. The summed E-state index contributed by atoms with van der Waals surface area (Å²) in [4.78, 5) is 26.9. The van der Waals surface area contributed by atoms with Gasteiger partial charge < -0.3 is 49.6 Å². The number of morpholine rings is 4. The maximum absolute atomic E-state index is 14.2. The fraction of sp³-hybridized carbons (Fsp3) is 0.310. The standard InChI is InChI=1S/C29H29F2N5O2.C15H9ClF2N2.C14H21N3O2/c1-19-27(20-15-21(30)17-22(31)16-20)34-29-24(3-2-6-32-29)28(19)33-25-18-23(35-7-11-37-12-8-35)4-5-26(25)36-9-13-38-14-10-36;1-8-13(16)12-3-2-4-19-15(12)20-14(8)9-5-10(17)7-11(18)6-9;15-13-11-12(16-3-7-18-8-4-16)1-2-14(13)17-5-9-19-10-6-17/h2-6,15-18H,7-14H2,1H3,(H,32,33,34);2-7H,1H3;1-2,11H,3-10,15H2. The molecule has 4 aromatic heterocycles. The maximum atomic E-state index is 14.2. The van der Waals surface area contributed by atoms with Crippen molar-refractivity contribution in [1.29, 1.82) is 0 Å². The summed E-state index contributed by atoms with van der Waals surface area (Å²) in [5.41, 5.74) is 17.3. The molecule has 14 nitrogen and oxygen atoms in total. The lowest BCUT2D eigenvalue weighted by Crippen LogP contribution is -2.37. The van der Waals surface area contributed by atoms with E-state index in [2.05, 4.69) is 76.3 Å². The van der Waals surface area contributed by atoms with Gasteiger partial charge in [0.05, 0.1) is 97.7 Å². The molecule has 4 aliphatic rings. The van der Waals surface area contributed by atoms with E-state index < -0.39 is 23.3 Å². The van der Waals surface area contributed by atoms with Crippen molar-refractivity contribution in [2.45, 2.75) is 13.8 Å². The number of anilines is 7. The molecule has 0 unspecified atom stereocenters. The third kappa shape index (κ3) is 12.4. The Balaban J connectivity index is 0.000000145. The number of ether oxygens (including phenoxy) is 4. The van der Waals surface area contributed by atoms with E-state index in [0.29, 0.717) is 76.2 Å². The van der Waals surface area contributed by atoms with E-state index in [1.807, 2.05) is 19.1 Å². The average Bonchev–Trinajstić information content (AvgIpc) is 3.48. The molecule has 77 heavy (non-hydrogen) atoms. The zero-order chi connectivity index (χ0) is 53.4. The van der Waals surface area contributed by atoms with E-state index in [4.69, 9.17) is 41.3 Å². The Kier molecular flexibility index (Phi) is 16.8. The van der Waals surface area contributed by atoms with Crippen LogP contribution in [0, 0.1) is 37.1 Å². The van der Waals surface area contributed by atoms with Gasteiger partial charge in [0.15, 0.2) is 11.3 Å². The highest BCUT2D eigenvalue weighted by atomic mass is 35.5. The Morgan fingerprint density at radius 3 is 1.40 bits per heavy atom. The molecule has 4 fully saturated rings. The lowest BCUT2D eigenvalue weighted by molar-refractivity contribution is 0.122. The number of halogens is 5. The van der Waals surface area contributed by atoms with Gasteiger partial charge in [-0.05, 0) is 110 Å². The molecule has 19 heteroatoms. The van der Waals surface area contributed by atoms with Crippen LogP contribution in [-0.2, 0) is 18.9 Å². The number of hydrogen-bond donors (Lipinski definition) is 2. The molecular weight excluding hydrogens is 1010 g/mol. The minimum Gasteiger partial charge on any atom is -0.397 e. The third-order valence-electron chi connectivity index (χ3n) is 13.9. The first-order chi connectivity index (χ1) is 37.5. The number of fused-ring (bicyclic) bond motifs is 2. The summed E-state index contributed by atoms with van der Waals surface area (Å²) in [7, 11) is 0. The van der Waals surface area contributed by atoms with E-state index in [1.165, 1.54) is 30.0 Å². The number of nitrogens with two attached hydrogens (primary N) is 1. The molecule has 4 aliphatic heterocycles. The number of nitrogens with one attached hydrogen (secondary N) is 1. The minimum absolute atomic E-state index is 0.342. The average molecular weight is 1070 g/mol. The number of nitrogen functional groups attached to an aromatic ring is 1. The van der Waals surface area contributed by atoms with Crippen molar-refractivity contribution < 1.29 is 36.5 Å². The summed E-state index contributed by atoms with van der Waals surface area (Å²) < 4.78 is 76.9. The summed E-state index contributed by atoms with van der Waals surface area (Å²) in [6.45, 7) is 16.5. The first-order valence-corrected chi connectivity index (χ1v) is 26.1. The highest BCUT2D eigenvalue weighted by Gasteiger charge is 2.23. The molecule has 4 aromatic carbocycles. The zero-order valence-corrected chi connectivity index (χ0v) is 43.6. The smallest absolute Gasteiger partial charge is 0.161 e. The molecule has 0 radical (unpaired) electrons. The van der Waals surface area contributed by atoms with E-state index in [1.54, 1.807) is 31.5 Å². The molecule has 8 heterocycles.